The molecule has 2 aliphatic heterocycles. The Morgan fingerprint density at radius 2 is 2.06 bits per heavy atom. The zero-order valence-electron chi connectivity index (χ0n) is 9.93. The summed E-state index contributed by atoms with van der Waals surface area (Å²) in [6.45, 7) is 4.28. The van der Waals surface area contributed by atoms with Crippen LogP contribution in [0, 0.1) is 0 Å². The van der Waals surface area contributed by atoms with Crippen molar-refractivity contribution in [2.24, 2.45) is 11.5 Å². The molecule has 2 rings (SSSR count). The summed E-state index contributed by atoms with van der Waals surface area (Å²) in [5.74, 6) is -0.630. The molecule has 2 heterocycles. The fourth-order valence-corrected chi connectivity index (χ4v) is 2.35. The first-order chi connectivity index (χ1) is 7.42. The maximum absolute atomic E-state index is 6.05. The predicted molar refractivity (Wildman–Crippen MR) is 56.5 cm³/mol. The molecule has 2 saturated heterocycles. The molecule has 0 saturated carbocycles. The molecular weight excluding hydrogens is 212 g/mol. The largest absolute Gasteiger partial charge is 0.374 e. The van der Waals surface area contributed by atoms with Crippen molar-refractivity contribution in [2.45, 2.75) is 43.7 Å². The second kappa shape index (κ2) is 3.90. The van der Waals surface area contributed by atoms with Crippen molar-refractivity contribution in [1.29, 1.82) is 0 Å². The lowest BCUT2D eigenvalue weighted by Gasteiger charge is -2.43. The lowest BCUT2D eigenvalue weighted by Crippen LogP contribution is -2.68. The van der Waals surface area contributed by atoms with Crippen LogP contribution in [0.15, 0.2) is 0 Å². The van der Waals surface area contributed by atoms with E-state index < -0.39 is 17.6 Å². The predicted octanol–water partition coefficient (Wildman–Crippen LogP) is -0.835. The summed E-state index contributed by atoms with van der Waals surface area (Å²) in [4.78, 5) is 0. The molecule has 0 aromatic carbocycles. The first kappa shape index (κ1) is 12.2. The number of rotatable bonds is 2. The quantitative estimate of drug-likeness (QED) is 0.645. The molecule has 4 atom stereocenters. The molecule has 2 aliphatic rings. The van der Waals surface area contributed by atoms with Gasteiger partial charge in [-0.15, -0.1) is 0 Å². The number of nitrogens with two attached hydrogens (primary N) is 2. The van der Waals surface area contributed by atoms with Gasteiger partial charge in [-0.2, -0.15) is 0 Å². The van der Waals surface area contributed by atoms with Crippen LogP contribution in [0.3, 0.4) is 0 Å². The van der Waals surface area contributed by atoms with Crippen LogP contribution in [-0.2, 0) is 18.9 Å². The zero-order chi connectivity index (χ0) is 12.0. The molecule has 2 fully saturated rings. The normalized spacial score (nSPS) is 46.7. The summed E-state index contributed by atoms with van der Waals surface area (Å²) in [7, 11) is 1.57. The number of methoxy groups -OCH3 is 1. The van der Waals surface area contributed by atoms with Gasteiger partial charge in [0.2, 0.25) is 0 Å². The average Bonchev–Trinajstić information content (AvgIpc) is 2.52. The van der Waals surface area contributed by atoms with Crippen LogP contribution in [0.4, 0.5) is 0 Å². The standard InChI is InChI=1S/C10H20N2O4/c1-9(2)15-6-4-14-10(12,5-11)8(13-3)7(6)16-9/h6-8H,4-5,11-12H2,1-3H3/t6-,7-,8?,10+/m0/s1. The summed E-state index contributed by atoms with van der Waals surface area (Å²) in [6, 6.07) is 0. The van der Waals surface area contributed by atoms with Crippen LogP contribution in [0.25, 0.3) is 0 Å². The second-order valence-corrected chi connectivity index (χ2v) is 4.76. The highest BCUT2D eigenvalue weighted by molar-refractivity contribution is 5.01. The molecule has 6 heteroatoms. The SMILES string of the molecule is COC1[C@H]2OC(C)(C)O[C@H]2CO[C@]1(N)CN. The summed E-state index contributed by atoms with van der Waals surface area (Å²) in [5, 5.41) is 0. The van der Waals surface area contributed by atoms with Gasteiger partial charge >= 0.3 is 0 Å². The Labute approximate surface area is 95.1 Å². The number of ether oxygens (including phenoxy) is 4. The Kier molecular flexibility index (Phi) is 2.98. The van der Waals surface area contributed by atoms with Crippen molar-refractivity contribution in [3.8, 4) is 0 Å². The lowest BCUT2D eigenvalue weighted by molar-refractivity contribution is -0.213. The average molecular weight is 232 g/mol. The second-order valence-electron chi connectivity index (χ2n) is 4.76. The zero-order valence-corrected chi connectivity index (χ0v) is 9.93. The van der Waals surface area contributed by atoms with Crippen molar-refractivity contribution in [3.63, 3.8) is 0 Å². The minimum atomic E-state index is -1.00. The van der Waals surface area contributed by atoms with E-state index in [9.17, 15) is 0 Å². The smallest absolute Gasteiger partial charge is 0.164 e. The van der Waals surface area contributed by atoms with Crippen LogP contribution in [0.2, 0.25) is 0 Å². The van der Waals surface area contributed by atoms with Crippen LogP contribution in [0.5, 0.6) is 0 Å². The third-order valence-electron chi connectivity index (χ3n) is 3.09. The first-order valence-corrected chi connectivity index (χ1v) is 5.43. The van der Waals surface area contributed by atoms with Gasteiger partial charge in [-0.1, -0.05) is 0 Å². The molecule has 0 aromatic rings. The Hall–Kier alpha value is -0.240. The summed E-state index contributed by atoms with van der Waals surface area (Å²) in [6.07, 6.45) is -0.802. The van der Waals surface area contributed by atoms with Gasteiger partial charge in [0, 0.05) is 13.7 Å². The van der Waals surface area contributed by atoms with Crippen LogP contribution in [0.1, 0.15) is 13.8 Å². The molecule has 1 unspecified atom stereocenters. The van der Waals surface area contributed by atoms with E-state index in [4.69, 9.17) is 30.4 Å². The highest BCUT2D eigenvalue weighted by Crippen LogP contribution is 2.37. The van der Waals surface area contributed by atoms with Crippen molar-refractivity contribution in [3.05, 3.63) is 0 Å². The minimum absolute atomic E-state index is 0.150. The van der Waals surface area contributed by atoms with Gasteiger partial charge in [0.25, 0.3) is 0 Å². The van der Waals surface area contributed by atoms with Gasteiger partial charge in [-0.3, -0.25) is 0 Å². The van der Waals surface area contributed by atoms with Crippen molar-refractivity contribution < 1.29 is 18.9 Å². The van der Waals surface area contributed by atoms with Gasteiger partial charge in [-0.05, 0) is 13.8 Å². The Morgan fingerprint density at radius 1 is 1.38 bits per heavy atom. The van der Waals surface area contributed by atoms with Crippen LogP contribution in [-0.4, -0.2) is 50.1 Å². The maximum Gasteiger partial charge on any atom is 0.164 e. The van der Waals surface area contributed by atoms with E-state index in [-0.39, 0.29) is 18.8 Å². The van der Waals surface area contributed by atoms with E-state index in [1.165, 1.54) is 0 Å². The van der Waals surface area contributed by atoms with E-state index in [0.717, 1.165) is 0 Å². The van der Waals surface area contributed by atoms with Crippen LogP contribution < -0.4 is 11.5 Å². The van der Waals surface area contributed by atoms with Crippen molar-refractivity contribution in [2.75, 3.05) is 20.3 Å². The monoisotopic (exact) mass is 232 g/mol. The van der Waals surface area contributed by atoms with E-state index >= 15 is 0 Å². The summed E-state index contributed by atoms with van der Waals surface area (Å²) < 4.78 is 22.4. The molecule has 4 N–H and O–H groups in total. The molecule has 0 radical (unpaired) electrons. The fraction of sp³-hybridized carbons (Fsp3) is 1.00. The Balaban J connectivity index is 2.20. The first-order valence-electron chi connectivity index (χ1n) is 5.43. The van der Waals surface area contributed by atoms with Crippen molar-refractivity contribution >= 4 is 0 Å². The maximum atomic E-state index is 6.05. The molecule has 94 valence electrons. The lowest BCUT2D eigenvalue weighted by atomic mass is 9.95. The molecular formula is C10H20N2O4. The summed E-state index contributed by atoms with van der Waals surface area (Å²) >= 11 is 0. The van der Waals surface area contributed by atoms with Crippen molar-refractivity contribution in [1.82, 2.24) is 0 Å². The minimum Gasteiger partial charge on any atom is -0.374 e. The fourth-order valence-electron chi connectivity index (χ4n) is 2.35. The van der Waals surface area contributed by atoms with Gasteiger partial charge in [0.1, 0.15) is 18.3 Å². The topological polar surface area (TPSA) is 89.0 Å². The highest BCUT2D eigenvalue weighted by atomic mass is 16.8. The third kappa shape index (κ3) is 1.85. The van der Waals surface area contributed by atoms with Gasteiger partial charge in [0.05, 0.1) is 6.61 Å². The van der Waals surface area contributed by atoms with E-state index in [1.807, 2.05) is 13.8 Å². The van der Waals surface area contributed by atoms with Gasteiger partial charge < -0.3 is 30.4 Å². The molecule has 0 aliphatic carbocycles. The molecule has 0 amide bonds. The van der Waals surface area contributed by atoms with Crippen LogP contribution >= 0.6 is 0 Å². The number of hydrogen-bond donors (Lipinski definition) is 2. The van der Waals surface area contributed by atoms with E-state index in [0.29, 0.717) is 6.61 Å². The molecule has 0 bridgehead atoms. The van der Waals surface area contributed by atoms with Gasteiger partial charge in [0.15, 0.2) is 11.5 Å². The highest BCUT2D eigenvalue weighted by Gasteiger charge is 2.55. The Bertz CT molecular complexity index is 274. The summed E-state index contributed by atoms with van der Waals surface area (Å²) in [5.41, 5.74) is 10.7. The Morgan fingerprint density at radius 3 is 2.62 bits per heavy atom. The van der Waals surface area contributed by atoms with E-state index in [1.54, 1.807) is 7.11 Å². The number of fused-ring (bicyclic) bond motifs is 1. The molecule has 16 heavy (non-hydrogen) atoms. The van der Waals surface area contributed by atoms with Gasteiger partial charge in [-0.25, -0.2) is 0 Å². The molecule has 0 spiro atoms. The number of hydrogen-bond acceptors (Lipinski definition) is 6. The third-order valence-corrected chi connectivity index (χ3v) is 3.09. The van der Waals surface area contributed by atoms with E-state index in [2.05, 4.69) is 0 Å². The molecule has 0 aromatic heterocycles. The molecule has 6 nitrogen and oxygen atoms in total.